The summed E-state index contributed by atoms with van der Waals surface area (Å²) >= 11 is 0. The maximum absolute atomic E-state index is 12.7. The minimum absolute atomic E-state index is 0.0669. The van der Waals surface area contributed by atoms with Gasteiger partial charge in [-0.25, -0.2) is 4.79 Å². The van der Waals surface area contributed by atoms with Gasteiger partial charge in [0.05, 0.1) is 11.3 Å². The summed E-state index contributed by atoms with van der Waals surface area (Å²) in [6, 6.07) is 5.55. The van der Waals surface area contributed by atoms with E-state index in [0.717, 1.165) is 0 Å². The van der Waals surface area contributed by atoms with E-state index in [-0.39, 0.29) is 30.0 Å². The van der Waals surface area contributed by atoms with E-state index >= 15 is 0 Å². The molecule has 0 atom stereocenters. The maximum atomic E-state index is 12.7. The molecule has 0 bridgehead atoms. The van der Waals surface area contributed by atoms with Crippen molar-refractivity contribution in [3.8, 4) is 0 Å². The van der Waals surface area contributed by atoms with Crippen molar-refractivity contribution in [2.24, 2.45) is 0 Å². The topological polar surface area (TPSA) is 113 Å². The molecule has 0 aromatic heterocycles. The summed E-state index contributed by atoms with van der Waals surface area (Å²) in [5, 5.41) is 13.9. The van der Waals surface area contributed by atoms with Crippen LogP contribution in [0.1, 0.15) is 32.3 Å². The average Bonchev–Trinajstić information content (AvgIpc) is 2.85. The molecule has 0 radical (unpaired) electrons. The second kappa shape index (κ2) is 6.98. The molecule has 2 saturated heterocycles. The zero-order valence-corrected chi connectivity index (χ0v) is 15.3. The standard InChI is InChI=1S/C18H22N4O5/c1-12(2)21-16(24)18(19-17(21)25)7-9-20(10-8-18)15(23)11-13-5-3-4-6-14(13)22(26)27/h3-6,12H,7-11H2,1-2H3,(H,19,25). The lowest BCUT2D eigenvalue weighted by molar-refractivity contribution is -0.385. The molecule has 2 fully saturated rings. The number of benzene rings is 1. The van der Waals surface area contributed by atoms with Crippen LogP contribution in [0.25, 0.3) is 0 Å². The highest BCUT2D eigenvalue weighted by Gasteiger charge is 2.53. The lowest BCUT2D eigenvalue weighted by Gasteiger charge is -2.37. The van der Waals surface area contributed by atoms with Gasteiger partial charge in [-0.05, 0) is 26.7 Å². The highest BCUT2D eigenvalue weighted by molar-refractivity contribution is 6.07. The molecule has 3 rings (SSSR count). The molecule has 1 N–H and O–H groups in total. The van der Waals surface area contributed by atoms with Crippen LogP contribution in [0.2, 0.25) is 0 Å². The van der Waals surface area contributed by atoms with Crippen LogP contribution in [0.5, 0.6) is 0 Å². The van der Waals surface area contributed by atoms with E-state index in [1.165, 1.54) is 11.0 Å². The van der Waals surface area contributed by atoms with E-state index in [4.69, 9.17) is 0 Å². The molecule has 27 heavy (non-hydrogen) atoms. The number of hydrogen-bond acceptors (Lipinski definition) is 5. The lowest BCUT2D eigenvalue weighted by atomic mass is 9.87. The minimum Gasteiger partial charge on any atom is -0.342 e. The maximum Gasteiger partial charge on any atom is 0.325 e. The normalized spacial score (nSPS) is 18.9. The number of nitro groups is 1. The van der Waals surface area contributed by atoms with Gasteiger partial charge in [-0.15, -0.1) is 0 Å². The average molecular weight is 374 g/mol. The summed E-state index contributed by atoms with van der Waals surface area (Å²) in [5.41, 5.74) is -0.661. The van der Waals surface area contributed by atoms with Crippen LogP contribution in [-0.2, 0) is 16.0 Å². The highest BCUT2D eigenvalue weighted by Crippen LogP contribution is 2.31. The first-order valence-electron chi connectivity index (χ1n) is 8.91. The molecule has 2 aliphatic rings. The summed E-state index contributed by atoms with van der Waals surface area (Å²) in [6.07, 6.45) is 0.607. The van der Waals surface area contributed by atoms with Gasteiger partial charge >= 0.3 is 6.03 Å². The third-order valence-corrected chi connectivity index (χ3v) is 5.21. The number of rotatable bonds is 4. The summed E-state index contributed by atoms with van der Waals surface area (Å²) in [6.45, 7) is 4.19. The van der Waals surface area contributed by atoms with Gasteiger partial charge in [0.2, 0.25) is 5.91 Å². The van der Waals surface area contributed by atoms with Gasteiger partial charge in [-0.2, -0.15) is 0 Å². The molecule has 2 heterocycles. The predicted molar refractivity (Wildman–Crippen MR) is 95.9 cm³/mol. The first-order chi connectivity index (χ1) is 12.7. The number of carbonyl (C=O) groups is 3. The Bertz CT molecular complexity index is 799. The smallest absolute Gasteiger partial charge is 0.325 e. The molecule has 1 spiro atoms. The first-order valence-corrected chi connectivity index (χ1v) is 8.91. The molecular formula is C18H22N4O5. The van der Waals surface area contributed by atoms with Crippen LogP contribution >= 0.6 is 0 Å². The van der Waals surface area contributed by atoms with Crippen LogP contribution in [0.4, 0.5) is 10.5 Å². The van der Waals surface area contributed by atoms with Crippen molar-refractivity contribution in [2.45, 2.75) is 44.7 Å². The van der Waals surface area contributed by atoms with Gasteiger partial charge in [-0.3, -0.25) is 24.6 Å². The molecule has 2 aliphatic heterocycles. The fraction of sp³-hybridized carbons (Fsp3) is 0.500. The molecular weight excluding hydrogens is 352 g/mol. The largest absolute Gasteiger partial charge is 0.342 e. The number of imide groups is 1. The molecule has 144 valence electrons. The molecule has 0 aliphatic carbocycles. The summed E-state index contributed by atoms with van der Waals surface area (Å²) in [5.74, 6) is -0.468. The number of urea groups is 1. The minimum atomic E-state index is -0.948. The van der Waals surface area contributed by atoms with Gasteiger partial charge in [-0.1, -0.05) is 18.2 Å². The molecule has 0 unspecified atom stereocenters. The van der Waals surface area contributed by atoms with E-state index in [1.807, 2.05) is 0 Å². The van der Waals surface area contributed by atoms with E-state index in [1.54, 1.807) is 36.9 Å². The number of piperidine rings is 1. The number of likely N-dealkylation sites (tertiary alicyclic amines) is 1. The van der Waals surface area contributed by atoms with Gasteiger partial charge in [0, 0.05) is 30.8 Å². The Morgan fingerprint density at radius 1 is 1.26 bits per heavy atom. The Kier molecular flexibility index (Phi) is 4.86. The van der Waals surface area contributed by atoms with Crippen LogP contribution < -0.4 is 5.32 Å². The monoisotopic (exact) mass is 374 g/mol. The fourth-order valence-electron chi connectivity index (χ4n) is 3.70. The Morgan fingerprint density at radius 2 is 1.89 bits per heavy atom. The lowest BCUT2D eigenvalue weighted by Crippen LogP contribution is -2.56. The number of amides is 4. The van der Waals surface area contributed by atoms with Crippen LogP contribution in [0, 0.1) is 10.1 Å². The molecule has 1 aromatic rings. The summed E-state index contributed by atoms with van der Waals surface area (Å²) in [7, 11) is 0. The second-order valence-electron chi connectivity index (χ2n) is 7.22. The molecule has 4 amide bonds. The Labute approximate surface area is 156 Å². The first kappa shape index (κ1) is 18.8. The Morgan fingerprint density at radius 3 is 2.44 bits per heavy atom. The van der Waals surface area contributed by atoms with Gasteiger partial charge in [0.1, 0.15) is 5.54 Å². The van der Waals surface area contributed by atoms with E-state index in [0.29, 0.717) is 31.5 Å². The van der Waals surface area contributed by atoms with Gasteiger partial charge in [0.25, 0.3) is 11.6 Å². The van der Waals surface area contributed by atoms with Crippen molar-refractivity contribution in [3.63, 3.8) is 0 Å². The number of nitrogens with zero attached hydrogens (tertiary/aromatic N) is 3. The van der Waals surface area contributed by atoms with Crippen molar-refractivity contribution < 1.29 is 19.3 Å². The third-order valence-electron chi connectivity index (χ3n) is 5.21. The van der Waals surface area contributed by atoms with Crippen molar-refractivity contribution >= 4 is 23.5 Å². The summed E-state index contributed by atoms with van der Waals surface area (Å²) in [4.78, 5) is 50.8. The quantitative estimate of drug-likeness (QED) is 0.487. The number of para-hydroxylation sites is 1. The fourth-order valence-corrected chi connectivity index (χ4v) is 3.70. The van der Waals surface area contributed by atoms with E-state index in [2.05, 4.69) is 5.32 Å². The third kappa shape index (κ3) is 3.36. The number of nitrogens with one attached hydrogen (secondary N) is 1. The van der Waals surface area contributed by atoms with Gasteiger partial charge in [0.15, 0.2) is 0 Å². The molecule has 0 saturated carbocycles. The number of nitro benzene ring substituents is 1. The van der Waals surface area contributed by atoms with Crippen molar-refractivity contribution in [3.05, 3.63) is 39.9 Å². The predicted octanol–water partition coefficient (Wildman–Crippen LogP) is 1.46. The number of carbonyl (C=O) groups excluding carboxylic acids is 3. The summed E-state index contributed by atoms with van der Waals surface area (Å²) < 4.78 is 0. The van der Waals surface area contributed by atoms with Crippen molar-refractivity contribution in [1.29, 1.82) is 0 Å². The highest BCUT2D eigenvalue weighted by atomic mass is 16.6. The SMILES string of the molecule is CC(C)N1C(=O)NC2(CCN(C(=O)Cc3ccccc3[N+](=O)[O-])CC2)C1=O. The molecule has 1 aromatic carbocycles. The van der Waals surface area contributed by atoms with Gasteiger partial charge < -0.3 is 10.2 Å². The zero-order valence-electron chi connectivity index (χ0n) is 15.3. The van der Waals surface area contributed by atoms with Crippen molar-refractivity contribution in [2.75, 3.05) is 13.1 Å². The van der Waals surface area contributed by atoms with Crippen LogP contribution in [-0.4, -0.2) is 57.2 Å². The van der Waals surface area contributed by atoms with Crippen molar-refractivity contribution in [1.82, 2.24) is 15.1 Å². The van der Waals surface area contributed by atoms with E-state index in [9.17, 15) is 24.5 Å². The van der Waals surface area contributed by atoms with E-state index < -0.39 is 16.5 Å². The molecule has 9 heteroatoms. The Hall–Kier alpha value is -2.97. The molecule has 9 nitrogen and oxygen atoms in total. The zero-order chi connectivity index (χ0) is 19.8. The van der Waals surface area contributed by atoms with Crippen LogP contribution in [0.15, 0.2) is 24.3 Å². The number of hydrogen-bond donors (Lipinski definition) is 1. The second-order valence-corrected chi connectivity index (χ2v) is 7.22. The Balaban J connectivity index is 1.66. The van der Waals surface area contributed by atoms with Crippen LogP contribution in [0.3, 0.4) is 0 Å².